The normalized spacial score (nSPS) is 10.8. The Labute approximate surface area is 128 Å². The number of benzene rings is 2. The van der Waals surface area contributed by atoms with Gasteiger partial charge in [0.05, 0.1) is 12.6 Å². The van der Waals surface area contributed by atoms with E-state index in [0.29, 0.717) is 5.56 Å². The van der Waals surface area contributed by atoms with Gasteiger partial charge in [0, 0.05) is 5.56 Å². The van der Waals surface area contributed by atoms with Crippen molar-refractivity contribution in [3.63, 3.8) is 0 Å². The van der Waals surface area contributed by atoms with Crippen molar-refractivity contribution in [2.24, 2.45) is 5.10 Å². The molecule has 0 fully saturated rings. The van der Waals surface area contributed by atoms with Gasteiger partial charge in [-0.2, -0.15) is 5.10 Å². The lowest BCUT2D eigenvalue weighted by Crippen LogP contribution is -2.19. The first-order chi connectivity index (χ1) is 10.5. The molecule has 2 aromatic rings. The number of hydrazone groups is 1. The maximum Gasteiger partial charge on any atom is 0.244 e. The first-order valence-corrected chi connectivity index (χ1v) is 6.85. The van der Waals surface area contributed by atoms with Crippen LogP contribution in [0, 0.1) is 13.8 Å². The van der Waals surface area contributed by atoms with Crippen LogP contribution in [0.2, 0.25) is 0 Å². The minimum absolute atomic E-state index is 0.129. The Morgan fingerprint density at radius 1 is 1.14 bits per heavy atom. The number of nitrogens with one attached hydrogen (secondary N) is 1. The molecule has 0 saturated carbocycles. The third-order valence-corrected chi connectivity index (χ3v) is 3.24. The highest BCUT2D eigenvalue weighted by molar-refractivity contribution is 5.86. The fourth-order valence-electron chi connectivity index (χ4n) is 2.22. The highest BCUT2D eigenvalue weighted by Crippen LogP contribution is 2.19. The molecule has 2 aromatic carbocycles. The predicted molar refractivity (Wildman–Crippen MR) is 85.1 cm³/mol. The lowest BCUT2D eigenvalue weighted by molar-refractivity contribution is -0.120. The fourth-order valence-corrected chi connectivity index (χ4v) is 2.22. The third-order valence-electron chi connectivity index (χ3n) is 3.24. The van der Waals surface area contributed by atoms with Crippen molar-refractivity contribution in [2.75, 3.05) is 0 Å². The van der Waals surface area contributed by atoms with E-state index in [2.05, 4.69) is 10.5 Å². The number of aromatic hydroxyl groups is 2. The number of phenolic OH excluding ortho intramolecular Hbond substituents is 2. The molecule has 0 radical (unpaired) electrons. The molecule has 0 atom stereocenters. The van der Waals surface area contributed by atoms with Crippen molar-refractivity contribution in [3.05, 3.63) is 58.7 Å². The van der Waals surface area contributed by atoms with Gasteiger partial charge in [-0.25, -0.2) is 5.43 Å². The number of carbonyl (C=O) groups is 1. The second kappa shape index (κ2) is 6.76. The monoisotopic (exact) mass is 298 g/mol. The molecule has 0 aliphatic rings. The molecular weight excluding hydrogens is 280 g/mol. The van der Waals surface area contributed by atoms with Crippen molar-refractivity contribution >= 4 is 12.1 Å². The number of aryl methyl sites for hydroxylation is 2. The molecule has 0 spiro atoms. The Kier molecular flexibility index (Phi) is 4.78. The van der Waals surface area contributed by atoms with Crippen LogP contribution in [0.1, 0.15) is 22.3 Å². The lowest BCUT2D eigenvalue weighted by atomic mass is 10.0. The topological polar surface area (TPSA) is 81.9 Å². The second-order valence-electron chi connectivity index (χ2n) is 5.13. The first-order valence-electron chi connectivity index (χ1n) is 6.85. The van der Waals surface area contributed by atoms with Crippen LogP contribution >= 0.6 is 0 Å². The summed E-state index contributed by atoms with van der Waals surface area (Å²) in [7, 11) is 0. The van der Waals surface area contributed by atoms with Crippen molar-refractivity contribution in [2.45, 2.75) is 20.3 Å². The molecule has 1 amide bonds. The largest absolute Gasteiger partial charge is 0.508 e. The predicted octanol–water partition coefficient (Wildman–Crippen LogP) is 2.41. The van der Waals surface area contributed by atoms with E-state index in [0.717, 1.165) is 16.7 Å². The van der Waals surface area contributed by atoms with E-state index in [-0.39, 0.29) is 23.8 Å². The number of hydrogen-bond acceptors (Lipinski definition) is 4. The third kappa shape index (κ3) is 4.09. The summed E-state index contributed by atoms with van der Waals surface area (Å²) < 4.78 is 0. The molecule has 0 saturated heterocycles. The number of phenols is 2. The minimum atomic E-state index is -0.268. The molecule has 22 heavy (non-hydrogen) atoms. The van der Waals surface area contributed by atoms with Gasteiger partial charge in [-0.15, -0.1) is 0 Å². The average molecular weight is 298 g/mol. The van der Waals surface area contributed by atoms with E-state index in [4.69, 9.17) is 0 Å². The van der Waals surface area contributed by atoms with Crippen LogP contribution in [0.15, 0.2) is 41.5 Å². The van der Waals surface area contributed by atoms with Gasteiger partial charge in [0.2, 0.25) is 5.91 Å². The van der Waals surface area contributed by atoms with Crippen molar-refractivity contribution in [3.8, 4) is 11.5 Å². The van der Waals surface area contributed by atoms with Crippen molar-refractivity contribution in [1.29, 1.82) is 0 Å². The SMILES string of the molecule is Cc1cc(O)cc(C)c1/C=N/NC(=O)Cc1cccc(O)c1. The van der Waals surface area contributed by atoms with Crippen LogP contribution in [0.25, 0.3) is 0 Å². The summed E-state index contributed by atoms with van der Waals surface area (Å²) in [5, 5.41) is 22.8. The van der Waals surface area contributed by atoms with E-state index in [1.54, 1.807) is 36.5 Å². The van der Waals surface area contributed by atoms with Crippen LogP contribution in [0.4, 0.5) is 0 Å². The van der Waals surface area contributed by atoms with Gasteiger partial charge >= 0.3 is 0 Å². The van der Waals surface area contributed by atoms with Gasteiger partial charge < -0.3 is 10.2 Å². The van der Waals surface area contributed by atoms with Crippen LogP contribution in [-0.4, -0.2) is 22.3 Å². The Morgan fingerprint density at radius 3 is 2.45 bits per heavy atom. The second-order valence-corrected chi connectivity index (χ2v) is 5.13. The number of carbonyl (C=O) groups excluding carboxylic acids is 1. The Bertz CT molecular complexity index is 701. The molecule has 5 nitrogen and oxygen atoms in total. The Morgan fingerprint density at radius 2 is 1.82 bits per heavy atom. The highest BCUT2D eigenvalue weighted by atomic mass is 16.3. The molecule has 0 unspecified atom stereocenters. The molecule has 3 N–H and O–H groups in total. The lowest BCUT2D eigenvalue weighted by Gasteiger charge is -2.06. The first kappa shape index (κ1) is 15.6. The maximum absolute atomic E-state index is 11.8. The molecule has 114 valence electrons. The number of rotatable bonds is 4. The molecule has 5 heteroatoms. The quantitative estimate of drug-likeness (QED) is 0.599. The zero-order valence-electron chi connectivity index (χ0n) is 12.5. The van der Waals surface area contributed by atoms with Crippen molar-refractivity contribution < 1.29 is 15.0 Å². The molecule has 0 heterocycles. The molecule has 0 bridgehead atoms. The summed E-state index contributed by atoms with van der Waals surface area (Å²) in [4.78, 5) is 11.8. The molecule has 0 aliphatic carbocycles. The van der Waals surface area contributed by atoms with E-state index in [1.165, 1.54) is 6.07 Å². The number of nitrogens with zero attached hydrogens (tertiary/aromatic N) is 1. The van der Waals surface area contributed by atoms with Gasteiger partial charge in [-0.3, -0.25) is 4.79 Å². The van der Waals surface area contributed by atoms with Crippen LogP contribution in [-0.2, 0) is 11.2 Å². The van der Waals surface area contributed by atoms with Crippen LogP contribution in [0.3, 0.4) is 0 Å². The van der Waals surface area contributed by atoms with Gasteiger partial charge in [0.25, 0.3) is 0 Å². The zero-order valence-corrected chi connectivity index (χ0v) is 12.5. The van der Waals surface area contributed by atoms with E-state index in [1.807, 2.05) is 13.8 Å². The molecule has 0 aliphatic heterocycles. The van der Waals surface area contributed by atoms with E-state index < -0.39 is 0 Å². The summed E-state index contributed by atoms with van der Waals surface area (Å²) in [6.45, 7) is 3.73. The fraction of sp³-hybridized carbons (Fsp3) is 0.176. The van der Waals surface area contributed by atoms with Crippen LogP contribution in [0.5, 0.6) is 11.5 Å². The van der Waals surface area contributed by atoms with E-state index in [9.17, 15) is 15.0 Å². The van der Waals surface area contributed by atoms with Gasteiger partial charge in [0.15, 0.2) is 0 Å². The maximum atomic E-state index is 11.8. The Balaban J connectivity index is 1.99. The molecule has 0 aromatic heterocycles. The number of amides is 1. The van der Waals surface area contributed by atoms with Gasteiger partial charge in [0.1, 0.15) is 11.5 Å². The minimum Gasteiger partial charge on any atom is -0.508 e. The standard InChI is InChI=1S/C17H18N2O3/c1-11-6-15(21)7-12(2)16(11)10-18-19-17(22)9-13-4-3-5-14(20)8-13/h3-8,10,20-21H,9H2,1-2H3,(H,19,22)/b18-10+. The summed E-state index contributed by atoms with van der Waals surface area (Å²) in [6, 6.07) is 9.82. The molecule has 2 rings (SSSR count). The smallest absolute Gasteiger partial charge is 0.244 e. The number of hydrogen-bond donors (Lipinski definition) is 3. The zero-order chi connectivity index (χ0) is 16.1. The summed E-state index contributed by atoms with van der Waals surface area (Å²) >= 11 is 0. The summed E-state index contributed by atoms with van der Waals surface area (Å²) in [6.07, 6.45) is 1.70. The van der Waals surface area contributed by atoms with E-state index >= 15 is 0 Å². The van der Waals surface area contributed by atoms with Crippen LogP contribution < -0.4 is 5.43 Å². The summed E-state index contributed by atoms with van der Waals surface area (Å²) in [5.41, 5.74) is 5.78. The average Bonchev–Trinajstić information content (AvgIpc) is 2.41. The van der Waals surface area contributed by atoms with Gasteiger partial charge in [-0.05, 0) is 54.8 Å². The Hall–Kier alpha value is -2.82. The summed E-state index contributed by atoms with van der Waals surface area (Å²) in [5.74, 6) is 0.0696. The van der Waals surface area contributed by atoms with Crippen molar-refractivity contribution in [1.82, 2.24) is 5.43 Å². The van der Waals surface area contributed by atoms with Gasteiger partial charge in [-0.1, -0.05) is 12.1 Å². The highest BCUT2D eigenvalue weighted by Gasteiger charge is 2.04. The molecular formula is C17H18N2O3.